The second-order valence-corrected chi connectivity index (χ2v) is 4.88. The molecule has 0 aliphatic heterocycles. The van der Waals surface area contributed by atoms with Gasteiger partial charge in [0.2, 0.25) is 0 Å². The summed E-state index contributed by atoms with van der Waals surface area (Å²) in [6.07, 6.45) is -0.719. The lowest BCUT2D eigenvalue weighted by Gasteiger charge is -2.25. The number of nitrogens with zero attached hydrogens (tertiary/aromatic N) is 1. The van der Waals surface area contributed by atoms with Crippen LogP contribution in [0.5, 0.6) is 0 Å². The molecule has 2 aromatic rings. The molecule has 0 saturated heterocycles. The standard InChI is InChI=1S/C18H21NO3/c1-3-21-18(20)19(14-16-10-6-4-7-11-16)22-15(2)17-12-8-5-9-13-17/h4-13,15H,3,14H2,1-2H3/t15-/m0/s1. The molecular weight excluding hydrogens is 278 g/mol. The van der Waals surface area contributed by atoms with E-state index in [1.54, 1.807) is 6.92 Å². The highest BCUT2D eigenvalue weighted by Crippen LogP contribution is 2.19. The number of benzene rings is 2. The molecule has 22 heavy (non-hydrogen) atoms. The summed E-state index contributed by atoms with van der Waals surface area (Å²) < 4.78 is 5.07. The molecule has 4 nitrogen and oxygen atoms in total. The lowest BCUT2D eigenvalue weighted by atomic mass is 10.1. The van der Waals surface area contributed by atoms with Crippen molar-refractivity contribution < 1.29 is 14.4 Å². The molecule has 2 aromatic carbocycles. The molecule has 0 spiro atoms. The highest BCUT2D eigenvalue weighted by molar-refractivity contribution is 5.66. The predicted molar refractivity (Wildman–Crippen MR) is 84.9 cm³/mol. The molecule has 1 amide bonds. The number of hydrogen-bond acceptors (Lipinski definition) is 3. The van der Waals surface area contributed by atoms with Crippen LogP contribution in [0.1, 0.15) is 31.1 Å². The van der Waals surface area contributed by atoms with E-state index in [4.69, 9.17) is 9.57 Å². The van der Waals surface area contributed by atoms with Gasteiger partial charge in [-0.3, -0.25) is 4.84 Å². The first-order chi connectivity index (χ1) is 10.7. The smallest absolute Gasteiger partial charge is 0.434 e. The van der Waals surface area contributed by atoms with Crippen LogP contribution in [0, 0.1) is 0 Å². The summed E-state index contributed by atoms with van der Waals surface area (Å²) in [5.41, 5.74) is 1.99. The van der Waals surface area contributed by atoms with Gasteiger partial charge in [-0.15, -0.1) is 0 Å². The molecular formula is C18H21NO3. The average Bonchev–Trinajstić information content (AvgIpc) is 2.56. The van der Waals surface area contributed by atoms with Crippen molar-refractivity contribution in [3.8, 4) is 0 Å². The summed E-state index contributed by atoms with van der Waals surface area (Å²) >= 11 is 0. The predicted octanol–water partition coefficient (Wildman–Crippen LogP) is 4.34. The Bertz CT molecular complexity index is 571. The molecule has 0 aliphatic carbocycles. The van der Waals surface area contributed by atoms with Crippen LogP contribution in [-0.2, 0) is 16.1 Å². The first kappa shape index (κ1) is 16.0. The second-order valence-electron chi connectivity index (χ2n) is 4.88. The first-order valence-corrected chi connectivity index (χ1v) is 7.40. The van der Waals surface area contributed by atoms with E-state index in [1.165, 1.54) is 5.06 Å². The van der Waals surface area contributed by atoms with E-state index >= 15 is 0 Å². The van der Waals surface area contributed by atoms with E-state index in [0.717, 1.165) is 11.1 Å². The molecule has 0 saturated carbocycles. The summed E-state index contributed by atoms with van der Waals surface area (Å²) in [6, 6.07) is 19.5. The van der Waals surface area contributed by atoms with Crippen LogP contribution in [0.25, 0.3) is 0 Å². The van der Waals surface area contributed by atoms with E-state index in [9.17, 15) is 4.79 Å². The average molecular weight is 299 g/mol. The molecule has 116 valence electrons. The van der Waals surface area contributed by atoms with Crippen molar-refractivity contribution in [1.29, 1.82) is 0 Å². The maximum atomic E-state index is 12.1. The Balaban J connectivity index is 2.09. The third-order valence-electron chi connectivity index (χ3n) is 3.19. The zero-order valence-electron chi connectivity index (χ0n) is 12.9. The maximum Gasteiger partial charge on any atom is 0.434 e. The normalized spacial score (nSPS) is 11.7. The number of hydroxylamine groups is 2. The Kier molecular flexibility index (Phi) is 5.98. The molecule has 0 N–H and O–H groups in total. The third-order valence-corrected chi connectivity index (χ3v) is 3.19. The van der Waals surface area contributed by atoms with Gasteiger partial charge in [-0.2, -0.15) is 5.06 Å². The molecule has 0 unspecified atom stereocenters. The summed E-state index contributed by atoms with van der Waals surface area (Å²) in [7, 11) is 0. The van der Waals surface area contributed by atoms with Gasteiger partial charge in [0.25, 0.3) is 0 Å². The summed E-state index contributed by atoms with van der Waals surface area (Å²) in [5, 5.41) is 1.27. The topological polar surface area (TPSA) is 38.8 Å². The Morgan fingerprint density at radius 3 is 2.23 bits per heavy atom. The van der Waals surface area contributed by atoms with Gasteiger partial charge in [-0.1, -0.05) is 60.7 Å². The van der Waals surface area contributed by atoms with Crippen LogP contribution in [0.4, 0.5) is 4.79 Å². The molecule has 0 fully saturated rings. The highest BCUT2D eigenvalue weighted by atomic mass is 16.7. The lowest BCUT2D eigenvalue weighted by molar-refractivity contribution is -0.177. The fourth-order valence-corrected chi connectivity index (χ4v) is 2.07. The lowest BCUT2D eigenvalue weighted by Crippen LogP contribution is -2.32. The molecule has 0 bridgehead atoms. The van der Waals surface area contributed by atoms with Crippen LogP contribution in [0.2, 0.25) is 0 Å². The van der Waals surface area contributed by atoms with Gasteiger partial charge >= 0.3 is 6.09 Å². The Morgan fingerprint density at radius 2 is 1.64 bits per heavy atom. The van der Waals surface area contributed by atoms with Crippen molar-refractivity contribution in [2.45, 2.75) is 26.5 Å². The Hall–Kier alpha value is -2.33. The van der Waals surface area contributed by atoms with Gasteiger partial charge in [0.1, 0.15) is 6.10 Å². The van der Waals surface area contributed by atoms with Crippen molar-refractivity contribution in [2.75, 3.05) is 6.61 Å². The van der Waals surface area contributed by atoms with Crippen LogP contribution in [0.15, 0.2) is 60.7 Å². The zero-order valence-corrected chi connectivity index (χ0v) is 12.9. The van der Waals surface area contributed by atoms with Crippen LogP contribution in [0.3, 0.4) is 0 Å². The third kappa shape index (κ3) is 4.60. The monoisotopic (exact) mass is 299 g/mol. The van der Waals surface area contributed by atoms with Gasteiger partial charge in [-0.05, 0) is 25.0 Å². The highest BCUT2D eigenvalue weighted by Gasteiger charge is 2.20. The first-order valence-electron chi connectivity index (χ1n) is 7.40. The second kappa shape index (κ2) is 8.20. The van der Waals surface area contributed by atoms with Gasteiger partial charge in [-0.25, -0.2) is 4.79 Å². The number of ether oxygens (including phenoxy) is 1. The van der Waals surface area contributed by atoms with Crippen molar-refractivity contribution >= 4 is 6.09 Å². The summed E-state index contributed by atoms with van der Waals surface area (Å²) in [4.78, 5) is 17.9. The van der Waals surface area contributed by atoms with E-state index in [0.29, 0.717) is 13.2 Å². The van der Waals surface area contributed by atoms with Crippen molar-refractivity contribution in [2.24, 2.45) is 0 Å². The Morgan fingerprint density at radius 1 is 1.05 bits per heavy atom. The quantitative estimate of drug-likeness (QED) is 0.745. The summed E-state index contributed by atoms with van der Waals surface area (Å²) in [6.45, 7) is 4.34. The van der Waals surface area contributed by atoms with Crippen molar-refractivity contribution in [3.63, 3.8) is 0 Å². The zero-order chi connectivity index (χ0) is 15.8. The number of carbonyl (C=O) groups excluding carboxylic acids is 1. The molecule has 0 radical (unpaired) electrons. The van der Waals surface area contributed by atoms with E-state index < -0.39 is 6.09 Å². The van der Waals surface area contributed by atoms with Gasteiger partial charge in [0.05, 0.1) is 13.2 Å². The van der Waals surface area contributed by atoms with Gasteiger partial charge in [0.15, 0.2) is 0 Å². The summed E-state index contributed by atoms with van der Waals surface area (Å²) in [5.74, 6) is 0. The number of hydrogen-bond donors (Lipinski definition) is 0. The van der Waals surface area contributed by atoms with Crippen LogP contribution < -0.4 is 0 Å². The van der Waals surface area contributed by atoms with Crippen molar-refractivity contribution in [3.05, 3.63) is 71.8 Å². The molecule has 0 aliphatic rings. The minimum absolute atomic E-state index is 0.241. The molecule has 2 rings (SSSR count). The maximum absolute atomic E-state index is 12.1. The largest absolute Gasteiger partial charge is 0.448 e. The van der Waals surface area contributed by atoms with E-state index in [-0.39, 0.29) is 6.10 Å². The number of carbonyl (C=O) groups is 1. The van der Waals surface area contributed by atoms with Gasteiger partial charge < -0.3 is 4.74 Å². The van der Waals surface area contributed by atoms with Crippen LogP contribution >= 0.6 is 0 Å². The fraction of sp³-hybridized carbons (Fsp3) is 0.278. The van der Waals surface area contributed by atoms with E-state index in [1.807, 2.05) is 67.6 Å². The SMILES string of the molecule is CCOC(=O)N(Cc1ccccc1)O[C@@H](C)c1ccccc1. The van der Waals surface area contributed by atoms with Crippen molar-refractivity contribution in [1.82, 2.24) is 5.06 Å². The van der Waals surface area contributed by atoms with E-state index in [2.05, 4.69) is 0 Å². The number of rotatable bonds is 6. The van der Waals surface area contributed by atoms with Crippen LogP contribution in [-0.4, -0.2) is 17.8 Å². The fourth-order valence-electron chi connectivity index (χ4n) is 2.07. The molecule has 1 atom stereocenters. The minimum atomic E-state index is -0.478. The molecule has 0 aromatic heterocycles. The number of amides is 1. The minimum Gasteiger partial charge on any atom is -0.448 e. The molecule has 4 heteroatoms. The Labute approximate surface area is 131 Å². The van der Waals surface area contributed by atoms with Gasteiger partial charge in [0, 0.05) is 0 Å². The molecule has 0 heterocycles.